The zero-order valence-corrected chi connectivity index (χ0v) is 14.2. The number of nitrogens with one attached hydrogen (secondary N) is 1. The Kier molecular flexibility index (Phi) is 4.01. The summed E-state index contributed by atoms with van der Waals surface area (Å²) in [6, 6.07) is 14.6. The molecule has 0 radical (unpaired) electrons. The summed E-state index contributed by atoms with van der Waals surface area (Å²) < 4.78 is 3.18. The predicted octanol–water partition coefficient (Wildman–Crippen LogP) is 4.71. The third-order valence-corrected chi connectivity index (χ3v) is 4.99. The molecular weight excluding hydrogens is 316 g/mol. The van der Waals surface area contributed by atoms with Crippen LogP contribution in [0.1, 0.15) is 24.1 Å². The average molecular weight is 334 g/mol. The van der Waals surface area contributed by atoms with Crippen LogP contribution in [-0.4, -0.2) is 14.8 Å². The molecule has 0 aliphatic heterocycles. The van der Waals surface area contributed by atoms with Crippen LogP contribution in [0.4, 0.5) is 5.69 Å². The Morgan fingerprint density at radius 2 is 2.04 bits per heavy atom. The van der Waals surface area contributed by atoms with Crippen molar-refractivity contribution in [3.05, 3.63) is 77.6 Å². The zero-order chi connectivity index (χ0) is 16.4. The molecule has 24 heavy (non-hydrogen) atoms. The molecule has 4 nitrogen and oxygen atoms in total. The van der Waals surface area contributed by atoms with Gasteiger partial charge in [0.05, 0.1) is 34.7 Å². The number of hydrogen-bond donors (Lipinski definition) is 1. The largest absolute Gasteiger partial charge is 0.377 e. The summed E-state index contributed by atoms with van der Waals surface area (Å²) >= 11 is 1.71. The second-order valence-corrected chi connectivity index (χ2v) is 6.73. The van der Waals surface area contributed by atoms with E-state index in [1.54, 1.807) is 11.3 Å². The van der Waals surface area contributed by atoms with Crippen LogP contribution in [0, 0.1) is 0 Å². The summed E-state index contributed by atoms with van der Waals surface area (Å²) in [5.74, 6) is 0. The molecule has 1 atom stereocenters. The first-order valence-corrected chi connectivity index (χ1v) is 8.82. The lowest BCUT2D eigenvalue weighted by Gasteiger charge is -2.14. The lowest BCUT2D eigenvalue weighted by Crippen LogP contribution is -2.06. The standard InChI is InChI=1S/C19H18N4S/c1-14(22-18-7-9-20-17-8-10-24-19(17)18)16-11-21-23(13-16)12-15-5-3-2-4-6-15/h2-11,13-14H,12H2,1H3,(H,20,22). The van der Waals surface area contributed by atoms with Gasteiger partial charge in [-0.2, -0.15) is 5.10 Å². The lowest BCUT2D eigenvalue weighted by atomic mass is 10.2. The van der Waals surface area contributed by atoms with Gasteiger partial charge in [0.2, 0.25) is 0 Å². The minimum atomic E-state index is 0.183. The molecule has 0 saturated heterocycles. The number of hydrogen-bond acceptors (Lipinski definition) is 4. The summed E-state index contributed by atoms with van der Waals surface area (Å²) in [5, 5.41) is 10.1. The van der Waals surface area contributed by atoms with Crippen molar-refractivity contribution in [2.45, 2.75) is 19.5 Å². The van der Waals surface area contributed by atoms with Gasteiger partial charge in [0.25, 0.3) is 0 Å². The van der Waals surface area contributed by atoms with Crippen LogP contribution in [-0.2, 0) is 6.54 Å². The molecule has 120 valence electrons. The van der Waals surface area contributed by atoms with E-state index in [2.05, 4.69) is 58.2 Å². The van der Waals surface area contributed by atoms with Crippen molar-refractivity contribution in [1.82, 2.24) is 14.8 Å². The molecule has 0 fully saturated rings. The summed E-state index contributed by atoms with van der Waals surface area (Å²) in [7, 11) is 0. The first-order chi connectivity index (χ1) is 11.8. The Balaban J connectivity index is 1.51. The van der Waals surface area contributed by atoms with E-state index in [0.717, 1.165) is 17.7 Å². The van der Waals surface area contributed by atoms with E-state index in [4.69, 9.17) is 0 Å². The van der Waals surface area contributed by atoms with Crippen molar-refractivity contribution in [2.24, 2.45) is 0 Å². The maximum absolute atomic E-state index is 4.49. The summed E-state index contributed by atoms with van der Waals surface area (Å²) in [6.45, 7) is 2.95. The highest BCUT2D eigenvalue weighted by molar-refractivity contribution is 7.17. The number of thiophene rings is 1. The van der Waals surface area contributed by atoms with Crippen molar-refractivity contribution in [3.63, 3.8) is 0 Å². The third kappa shape index (κ3) is 3.03. The van der Waals surface area contributed by atoms with Crippen LogP contribution >= 0.6 is 11.3 Å². The molecule has 3 aromatic heterocycles. The molecule has 4 rings (SSSR count). The van der Waals surface area contributed by atoms with Crippen LogP contribution in [0.2, 0.25) is 0 Å². The Morgan fingerprint density at radius 1 is 1.17 bits per heavy atom. The smallest absolute Gasteiger partial charge is 0.0830 e. The number of pyridine rings is 1. The van der Waals surface area contributed by atoms with Crippen molar-refractivity contribution in [1.29, 1.82) is 0 Å². The Hall–Kier alpha value is -2.66. The van der Waals surface area contributed by atoms with Gasteiger partial charge in [0.15, 0.2) is 0 Å². The highest BCUT2D eigenvalue weighted by atomic mass is 32.1. The lowest BCUT2D eigenvalue weighted by molar-refractivity contribution is 0.685. The predicted molar refractivity (Wildman–Crippen MR) is 99.4 cm³/mol. The maximum Gasteiger partial charge on any atom is 0.0830 e. The van der Waals surface area contributed by atoms with E-state index in [1.165, 1.54) is 15.8 Å². The second-order valence-electron chi connectivity index (χ2n) is 5.82. The molecule has 0 spiro atoms. The fraction of sp³-hybridized carbons (Fsp3) is 0.158. The highest BCUT2D eigenvalue weighted by Crippen LogP contribution is 2.29. The second kappa shape index (κ2) is 6.45. The van der Waals surface area contributed by atoms with Crippen LogP contribution in [0.5, 0.6) is 0 Å². The van der Waals surface area contributed by atoms with Crippen molar-refractivity contribution < 1.29 is 0 Å². The van der Waals surface area contributed by atoms with E-state index in [0.29, 0.717) is 0 Å². The molecule has 0 amide bonds. The van der Waals surface area contributed by atoms with Crippen molar-refractivity contribution in [3.8, 4) is 0 Å². The third-order valence-electron chi connectivity index (χ3n) is 4.06. The molecule has 0 bridgehead atoms. The fourth-order valence-corrected chi connectivity index (χ4v) is 3.59. The normalized spacial score (nSPS) is 12.4. The van der Waals surface area contributed by atoms with Gasteiger partial charge in [-0.25, -0.2) is 0 Å². The number of nitrogens with zero attached hydrogens (tertiary/aromatic N) is 3. The van der Waals surface area contributed by atoms with E-state index in [9.17, 15) is 0 Å². The van der Waals surface area contributed by atoms with Gasteiger partial charge in [0, 0.05) is 18.0 Å². The summed E-state index contributed by atoms with van der Waals surface area (Å²) in [6.07, 6.45) is 5.90. The Labute approximate surface area is 144 Å². The number of fused-ring (bicyclic) bond motifs is 1. The SMILES string of the molecule is CC(Nc1ccnc2ccsc12)c1cnn(Cc2ccccc2)c1. The minimum absolute atomic E-state index is 0.183. The van der Waals surface area contributed by atoms with Gasteiger partial charge in [-0.05, 0) is 30.0 Å². The quantitative estimate of drug-likeness (QED) is 0.574. The molecule has 1 N–H and O–H groups in total. The molecule has 4 aromatic rings. The Morgan fingerprint density at radius 3 is 2.92 bits per heavy atom. The van der Waals surface area contributed by atoms with Gasteiger partial charge in [-0.15, -0.1) is 11.3 Å². The molecule has 1 aromatic carbocycles. The minimum Gasteiger partial charge on any atom is -0.377 e. The summed E-state index contributed by atoms with van der Waals surface area (Å²) in [4.78, 5) is 4.39. The van der Waals surface area contributed by atoms with E-state index in [1.807, 2.05) is 35.3 Å². The van der Waals surface area contributed by atoms with Gasteiger partial charge in [-0.3, -0.25) is 9.67 Å². The van der Waals surface area contributed by atoms with Gasteiger partial charge < -0.3 is 5.32 Å². The first kappa shape index (κ1) is 14.9. The molecule has 0 saturated carbocycles. The van der Waals surface area contributed by atoms with Gasteiger partial charge >= 0.3 is 0 Å². The first-order valence-electron chi connectivity index (χ1n) is 7.94. The van der Waals surface area contributed by atoms with E-state index >= 15 is 0 Å². The van der Waals surface area contributed by atoms with E-state index < -0.39 is 0 Å². The van der Waals surface area contributed by atoms with Gasteiger partial charge in [0.1, 0.15) is 0 Å². The monoisotopic (exact) mass is 334 g/mol. The fourth-order valence-electron chi connectivity index (χ4n) is 2.76. The highest BCUT2D eigenvalue weighted by Gasteiger charge is 2.11. The molecule has 1 unspecified atom stereocenters. The number of aromatic nitrogens is 3. The van der Waals surface area contributed by atoms with Crippen molar-refractivity contribution in [2.75, 3.05) is 5.32 Å². The molecule has 0 aliphatic rings. The van der Waals surface area contributed by atoms with Crippen LogP contribution in [0.3, 0.4) is 0 Å². The molecular formula is C19H18N4S. The Bertz CT molecular complexity index is 942. The van der Waals surface area contributed by atoms with Crippen LogP contribution in [0.25, 0.3) is 10.2 Å². The number of anilines is 1. The van der Waals surface area contributed by atoms with E-state index in [-0.39, 0.29) is 6.04 Å². The molecule has 5 heteroatoms. The maximum atomic E-state index is 4.49. The topological polar surface area (TPSA) is 42.7 Å². The van der Waals surface area contributed by atoms with Crippen LogP contribution < -0.4 is 5.32 Å². The average Bonchev–Trinajstić information content (AvgIpc) is 3.25. The molecule has 3 heterocycles. The number of benzene rings is 1. The summed E-state index contributed by atoms with van der Waals surface area (Å²) in [5.41, 5.74) is 4.59. The number of rotatable bonds is 5. The zero-order valence-electron chi connectivity index (χ0n) is 13.4. The van der Waals surface area contributed by atoms with Crippen molar-refractivity contribution >= 4 is 27.2 Å². The molecule has 0 aliphatic carbocycles. The van der Waals surface area contributed by atoms with Crippen LogP contribution in [0.15, 0.2) is 66.4 Å². The van der Waals surface area contributed by atoms with Gasteiger partial charge in [-0.1, -0.05) is 30.3 Å².